The number of para-hydroxylation sites is 2. The third-order valence-corrected chi connectivity index (χ3v) is 27.8. The molecule has 25 rings (SSSR count). The molecule has 0 fully saturated rings. The fourth-order valence-corrected chi connectivity index (χ4v) is 21.9. The van der Waals surface area contributed by atoms with Crippen LogP contribution in [-0.4, -0.2) is 47.1 Å². The van der Waals surface area contributed by atoms with E-state index in [2.05, 4.69) is 406 Å². The van der Waals surface area contributed by atoms with Crippen LogP contribution in [0.25, 0.3) is 181 Å². The maximum absolute atomic E-state index is 13.9. The van der Waals surface area contributed by atoms with Gasteiger partial charge in [-0.15, -0.1) is 142 Å². The molecule has 0 aliphatic heterocycles. The van der Waals surface area contributed by atoms with Crippen LogP contribution < -0.4 is 0 Å². The first-order valence-corrected chi connectivity index (χ1v) is 48.9. The van der Waals surface area contributed by atoms with Gasteiger partial charge in [-0.05, 0) is 236 Å². The molecule has 0 atom stereocenters. The average molecular weight is 2780 g/mol. The van der Waals surface area contributed by atoms with Crippen LogP contribution in [-0.2, 0) is 126 Å². The molecule has 0 aliphatic carbocycles. The molecule has 0 bridgehead atoms. The number of aryl methyl sites for hydroxylation is 10. The first-order valence-electron chi connectivity index (χ1n) is 48.9. The van der Waals surface area contributed by atoms with Crippen LogP contribution in [0.2, 0.25) is 0 Å². The summed E-state index contributed by atoms with van der Waals surface area (Å²) in [5, 5.41) is 18.0. The van der Waals surface area contributed by atoms with Gasteiger partial charge in [0.05, 0.1) is 63.1 Å². The van der Waals surface area contributed by atoms with Crippen LogP contribution in [0.5, 0.6) is 0 Å². The summed E-state index contributed by atoms with van der Waals surface area (Å²) in [6, 6.07) is 117. The first-order chi connectivity index (χ1) is 67.8. The van der Waals surface area contributed by atoms with Crippen LogP contribution >= 0.6 is 0 Å². The Balaban J connectivity index is 0.000000130. The number of pyridine rings is 4. The fourth-order valence-electron chi connectivity index (χ4n) is 21.9. The van der Waals surface area contributed by atoms with Crippen molar-refractivity contribution in [3.05, 3.63) is 430 Å². The van der Waals surface area contributed by atoms with E-state index in [0.717, 1.165) is 125 Å². The molecule has 0 N–H and O–H groups in total. The van der Waals surface area contributed by atoms with Crippen LogP contribution in [0.1, 0.15) is 132 Å². The molecule has 0 aliphatic rings. The van der Waals surface area contributed by atoms with Gasteiger partial charge in [0.1, 0.15) is 0 Å². The van der Waals surface area contributed by atoms with Gasteiger partial charge in [0.15, 0.2) is 0 Å². The van der Waals surface area contributed by atoms with Crippen LogP contribution in [0, 0.1) is 123 Å². The number of hydrogen-bond donors (Lipinski definition) is 0. The largest absolute Gasteiger partial charge is 0.340 e. The molecular weight excluding hydrogens is 2670 g/mol. The fraction of sp³-hybridized carbons (Fsp3) is 0.186. The van der Waals surface area contributed by atoms with Gasteiger partial charge in [0.25, 0.3) is 0 Å². The van der Waals surface area contributed by atoms with Gasteiger partial charge in [0, 0.05) is 175 Å². The van der Waals surface area contributed by atoms with Gasteiger partial charge >= 0.3 is 0 Å². The molecule has 5 radical (unpaired) electrons. The molecule has 25 aromatic rings. The number of imidazole rings is 5. The van der Waals surface area contributed by atoms with E-state index < -0.39 is 0 Å². The van der Waals surface area contributed by atoms with Crippen LogP contribution in [0.15, 0.2) is 310 Å². The van der Waals surface area contributed by atoms with E-state index in [-0.39, 0.29) is 112 Å². The third kappa shape index (κ3) is 19.8. The van der Waals surface area contributed by atoms with E-state index in [9.17, 15) is 4.39 Å². The van der Waals surface area contributed by atoms with Crippen molar-refractivity contribution in [1.82, 2.24) is 47.1 Å². The standard InChI is InChI=1S/C31H25N2.C31H33N2.C29H29N2.C23H16FN2.C15H9N2.5Ir/c1-20-10-9-11-21(2)29(20)30-22(3)32-31-26-15-8-7-14-25(26)27-19-24(16-17-28(27)33(30)31)18-23-12-5-4-6-13-23;1-19(2)14-23-16-27-25-12-7-8-13-26(25)31-32-18-29(30-21(5)10-9-11-22(30)6)33(31)28(27)17-24(23)15-20(3)4;1-18-10-9-11-19(2)26(18)27-20(3)30-28-23-13-8-7-12-22(23)24-16-21(17-29(4,5)6)14-15-25(24)31(27)28;1-14-6-5-7-15(2)22(14)26-13-25-21-18-11-10-16(24)12-20(18)17-8-3-4-9-19(17)23(21)26;1-2-7-13-11(5-1)12-6-3-4-8-14(12)17-10-9-16-15(13)17;;;;;/h4-14,16-17,19H,18H2,1-3H3;7-12,16-20H,14-15H2,1-6H3;7-12,14-16H,17H2,1-6H3;3-10,12-13H,1-2H3;1-6,8-10H;;;;;/q5*-1;;;;;. The second-order valence-corrected chi connectivity index (χ2v) is 40.1. The van der Waals surface area contributed by atoms with Crippen molar-refractivity contribution in [2.75, 3.05) is 0 Å². The minimum atomic E-state index is -0.281. The first kappa shape index (κ1) is 105. The summed E-state index contributed by atoms with van der Waals surface area (Å²) in [4.78, 5) is 24.2. The van der Waals surface area contributed by atoms with Gasteiger partial charge in [-0.1, -0.05) is 257 Å². The van der Waals surface area contributed by atoms with Gasteiger partial charge in [-0.25, -0.2) is 0 Å². The van der Waals surface area contributed by atoms with E-state index >= 15 is 0 Å². The van der Waals surface area contributed by atoms with E-state index in [1.165, 1.54) is 172 Å². The number of benzene rings is 16. The summed E-state index contributed by atoms with van der Waals surface area (Å²) in [5.41, 5.74) is 38.5. The topological polar surface area (TPSA) is 87.0 Å². The van der Waals surface area contributed by atoms with Crippen molar-refractivity contribution in [2.45, 2.75) is 143 Å². The van der Waals surface area contributed by atoms with Crippen molar-refractivity contribution in [3.63, 3.8) is 0 Å². The van der Waals surface area contributed by atoms with E-state index in [1.54, 1.807) is 6.07 Å². The van der Waals surface area contributed by atoms with E-state index in [4.69, 9.17) is 19.9 Å². The smallest absolute Gasteiger partial charge is 0.0889 e. The minimum Gasteiger partial charge on any atom is -0.340 e. The maximum Gasteiger partial charge on any atom is 0.0889 e. The Morgan fingerprint density at radius 2 is 0.786 bits per heavy atom. The molecule has 16 aromatic carbocycles. The Labute approximate surface area is 915 Å². The molecule has 145 heavy (non-hydrogen) atoms. The predicted molar refractivity (Wildman–Crippen MR) is 584 cm³/mol. The van der Waals surface area contributed by atoms with Crippen molar-refractivity contribution in [1.29, 1.82) is 0 Å². The monoisotopic (exact) mass is 2780 g/mol. The molecular formula is C129H112FIr5N10-5. The molecule has 0 spiro atoms. The van der Waals surface area contributed by atoms with Crippen molar-refractivity contribution in [2.24, 2.45) is 17.3 Å². The molecule has 0 saturated heterocycles. The number of fused-ring (bicyclic) bond motifs is 30. The average Bonchev–Trinajstić information content (AvgIpc) is 1.43. The zero-order valence-corrected chi connectivity index (χ0v) is 96.4. The van der Waals surface area contributed by atoms with Gasteiger partial charge < -0.3 is 22.2 Å². The van der Waals surface area contributed by atoms with Gasteiger partial charge in [0.2, 0.25) is 0 Å². The number of nitrogens with zero attached hydrogens (tertiary/aromatic N) is 10. The summed E-state index contributed by atoms with van der Waals surface area (Å²) in [6.07, 6.45) is 11.9. The normalized spacial score (nSPS) is 11.5. The molecule has 16 heteroatoms. The summed E-state index contributed by atoms with van der Waals surface area (Å²) in [5.74, 6) is 0.947. The second kappa shape index (κ2) is 43.7. The van der Waals surface area contributed by atoms with Crippen molar-refractivity contribution >= 4 is 142 Å². The number of halogens is 1. The van der Waals surface area contributed by atoms with Crippen molar-refractivity contribution < 1.29 is 105 Å². The quantitative estimate of drug-likeness (QED) is 0.0951. The summed E-state index contributed by atoms with van der Waals surface area (Å²) in [6.45, 7) is 37.8. The van der Waals surface area contributed by atoms with Crippen LogP contribution in [0.3, 0.4) is 0 Å². The predicted octanol–water partition coefficient (Wildman–Crippen LogP) is 32.7. The van der Waals surface area contributed by atoms with Gasteiger partial charge in [-0.3, -0.25) is 29.3 Å². The summed E-state index contributed by atoms with van der Waals surface area (Å²) < 4.78 is 25.2. The SMILES string of the molecule is Cc1cccc(C)c1-c1c(C)nc2c3[c-]cccc3c3cc(CC(C)(C)C)ccc3n12.Cc1cccc(C)c1-c1c(C)nc2c3[c-]cccc3c3cc(Cc4ccccc4)ccc3n12.Cc1cccc(C)c1-c1cnc2c3[c-]cccc3c3cc(CC(C)C)c(CC(C)C)cc3n12.Cc1cccc(C)c1-n1cnc2c3[c-]cc(F)cc3c3ccccc3c21.[Ir].[Ir].[Ir].[Ir].[Ir].[c-]1cccc2c1c1nccn1c1ccccc21. The minimum absolute atomic E-state index is 0. The molecule has 735 valence electrons. The molecule has 10 nitrogen and oxygen atoms in total. The maximum atomic E-state index is 13.9. The zero-order chi connectivity index (χ0) is 96.8. The molecule has 0 amide bonds. The number of hydrogen-bond acceptors (Lipinski definition) is 5. The van der Waals surface area contributed by atoms with Crippen LogP contribution in [0.4, 0.5) is 4.39 Å². The van der Waals surface area contributed by atoms with Gasteiger partial charge in [-0.2, -0.15) is 0 Å². The Morgan fingerprint density at radius 1 is 0.345 bits per heavy atom. The molecule has 9 heterocycles. The molecule has 0 saturated carbocycles. The number of rotatable bonds is 11. The van der Waals surface area contributed by atoms with E-state index in [1.807, 2.05) is 67.3 Å². The summed E-state index contributed by atoms with van der Waals surface area (Å²) in [7, 11) is 0. The Kier molecular flexibility index (Phi) is 31.7. The molecule has 9 aromatic heterocycles. The van der Waals surface area contributed by atoms with E-state index in [0.29, 0.717) is 11.8 Å². The zero-order valence-electron chi connectivity index (χ0n) is 84.4. The van der Waals surface area contributed by atoms with Crippen molar-refractivity contribution in [3.8, 4) is 39.5 Å². The molecule has 0 unspecified atom stereocenters. The second-order valence-electron chi connectivity index (χ2n) is 40.1. The Morgan fingerprint density at radius 3 is 1.31 bits per heavy atom. The Hall–Kier alpha value is -12.5. The summed E-state index contributed by atoms with van der Waals surface area (Å²) >= 11 is 0. The number of aromatic nitrogens is 10. The third-order valence-electron chi connectivity index (χ3n) is 27.8. The Bertz CT molecular complexity index is 9080.